The number of nitrogens with zero attached hydrogens (tertiary/aromatic N) is 2. The molecule has 1 aromatic heterocycles. The molecule has 0 spiro atoms. The maximum absolute atomic E-state index is 12.6. The second-order valence-electron chi connectivity index (χ2n) is 4.43. The molecule has 112 valence electrons. The van der Waals surface area contributed by atoms with Gasteiger partial charge in [0.2, 0.25) is 0 Å². The summed E-state index contributed by atoms with van der Waals surface area (Å²) >= 11 is 0. The minimum atomic E-state index is -3.08. The van der Waals surface area contributed by atoms with E-state index in [1.54, 1.807) is 12.4 Å². The van der Waals surface area contributed by atoms with Crippen LogP contribution in [0.15, 0.2) is 43.0 Å². The number of benzene rings is 1. The zero-order valence-corrected chi connectivity index (χ0v) is 13.1. The molecular formula is C15H19N2O3P. The van der Waals surface area contributed by atoms with E-state index in [-0.39, 0.29) is 6.16 Å². The van der Waals surface area contributed by atoms with E-state index in [0.29, 0.717) is 13.2 Å². The first-order chi connectivity index (χ1) is 10.2. The van der Waals surface area contributed by atoms with E-state index in [4.69, 9.17) is 9.05 Å². The van der Waals surface area contributed by atoms with Crippen molar-refractivity contribution in [2.75, 3.05) is 13.2 Å². The van der Waals surface area contributed by atoms with Gasteiger partial charge < -0.3 is 9.05 Å². The Labute approximate surface area is 124 Å². The van der Waals surface area contributed by atoms with Crippen LogP contribution in [0.3, 0.4) is 0 Å². The fourth-order valence-electron chi connectivity index (χ4n) is 2.04. The average Bonchev–Trinajstić information content (AvgIpc) is 2.49. The molecule has 0 saturated heterocycles. The Balaban J connectivity index is 2.23. The highest BCUT2D eigenvalue weighted by atomic mass is 31.2. The smallest absolute Gasteiger partial charge is 0.309 e. The number of hydrogen-bond donors (Lipinski definition) is 0. The van der Waals surface area contributed by atoms with Crippen molar-refractivity contribution < 1.29 is 13.6 Å². The molecule has 0 bridgehead atoms. The van der Waals surface area contributed by atoms with E-state index in [2.05, 4.69) is 9.97 Å². The molecular weight excluding hydrogens is 287 g/mol. The van der Waals surface area contributed by atoms with Crippen LogP contribution in [0.2, 0.25) is 0 Å². The van der Waals surface area contributed by atoms with Crippen molar-refractivity contribution in [2.45, 2.75) is 20.0 Å². The maximum Gasteiger partial charge on any atom is 0.335 e. The molecule has 21 heavy (non-hydrogen) atoms. The first kappa shape index (κ1) is 15.8. The van der Waals surface area contributed by atoms with Crippen molar-refractivity contribution in [2.24, 2.45) is 0 Å². The molecule has 0 amide bonds. The van der Waals surface area contributed by atoms with Crippen LogP contribution in [-0.4, -0.2) is 23.2 Å². The van der Waals surface area contributed by atoms with Gasteiger partial charge in [-0.3, -0.25) is 4.57 Å². The third-order valence-electron chi connectivity index (χ3n) is 2.85. The van der Waals surface area contributed by atoms with Gasteiger partial charge in [-0.15, -0.1) is 0 Å². The molecule has 2 rings (SSSR count). The van der Waals surface area contributed by atoms with Crippen molar-refractivity contribution in [3.05, 3.63) is 48.5 Å². The van der Waals surface area contributed by atoms with Crippen molar-refractivity contribution >= 4 is 7.60 Å². The standard InChI is InChI=1S/C15H19N2O3P/c1-3-19-21(18,20-4-2)11-13-6-5-7-14(8-13)15-9-16-12-17-10-15/h5-10,12H,3-4,11H2,1-2H3. The Kier molecular flexibility index (Phi) is 5.62. The average molecular weight is 306 g/mol. The van der Waals surface area contributed by atoms with Crippen LogP contribution < -0.4 is 0 Å². The van der Waals surface area contributed by atoms with Crippen LogP contribution in [0.4, 0.5) is 0 Å². The maximum atomic E-state index is 12.6. The molecule has 0 aliphatic heterocycles. The normalized spacial score (nSPS) is 11.5. The lowest BCUT2D eigenvalue weighted by atomic mass is 10.1. The third-order valence-corrected chi connectivity index (χ3v) is 4.90. The van der Waals surface area contributed by atoms with Crippen LogP contribution in [0.1, 0.15) is 19.4 Å². The first-order valence-electron chi connectivity index (χ1n) is 6.89. The van der Waals surface area contributed by atoms with Crippen LogP contribution in [0.5, 0.6) is 0 Å². The molecule has 2 aromatic rings. The third kappa shape index (κ3) is 4.46. The molecule has 0 fully saturated rings. The van der Waals surface area contributed by atoms with Crippen LogP contribution in [0, 0.1) is 0 Å². The van der Waals surface area contributed by atoms with Crippen molar-refractivity contribution in [3.63, 3.8) is 0 Å². The van der Waals surface area contributed by atoms with E-state index in [0.717, 1.165) is 16.7 Å². The molecule has 1 heterocycles. The van der Waals surface area contributed by atoms with Crippen LogP contribution in [-0.2, 0) is 19.8 Å². The number of hydrogen-bond acceptors (Lipinski definition) is 5. The van der Waals surface area contributed by atoms with Crippen LogP contribution in [0.25, 0.3) is 11.1 Å². The first-order valence-corrected chi connectivity index (χ1v) is 8.62. The van der Waals surface area contributed by atoms with E-state index in [1.165, 1.54) is 6.33 Å². The lowest BCUT2D eigenvalue weighted by Gasteiger charge is -2.17. The summed E-state index contributed by atoms with van der Waals surface area (Å²) in [7, 11) is -3.08. The Morgan fingerprint density at radius 1 is 1.05 bits per heavy atom. The second-order valence-corrected chi connectivity index (χ2v) is 6.49. The lowest BCUT2D eigenvalue weighted by Crippen LogP contribution is -1.99. The predicted molar refractivity (Wildman–Crippen MR) is 82.0 cm³/mol. The summed E-state index contributed by atoms with van der Waals surface area (Å²) in [5.74, 6) is 0. The largest absolute Gasteiger partial charge is 0.335 e. The number of aromatic nitrogens is 2. The Morgan fingerprint density at radius 3 is 2.33 bits per heavy atom. The Morgan fingerprint density at radius 2 is 1.71 bits per heavy atom. The second kappa shape index (κ2) is 7.46. The summed E-state index contributed by atoms with van der Waals surface area (Å²) < 4.78 is 23.2. The fraction of sp³-hybridized carbons (Fsp3) is 0.333. The molecule has 0 saturated carbocycles. The molecule has 5 nitrogen and oxygen atoms in total. The van der Waals surface area contributed by atoms with Gasteiger partial charge in [-0.05, 0) is 25.0 Å². The van der Waals surface area contributed by atoms with Crippen molar-refractivity contribution in [1.29, 1.82) is 0 Å². The van der Waals surface area contributed by atoms with Gasteiger partial charge in [-0.25, -0.2) is 9.97 Å². The molecule has 1 aromatic carbocycles. The van der Waals surface area contributed by atoms with Crippen LogP contribution >= 0.6 is 7.60 Å². The monoisotopic (exact) mass is 306 g/mol. The Hall–Kier alpha value is -1.55. The zero-order valence-electron chi connectivity index (χ0n) is 12.2. The minimum Gasteiger partial charge on any atom is -0.309 e. The molecule has 6 heteroatoms. The molecule has 0 aliphatic rings. The summed E-state index contributed by atoms with van der Waals surface area (Å²) in [6, 6.07) is 7.76. The molecule has 0 unspecified atom stereocenters. The van der Waals surface area contributed by atoms with Gasteiger partial charge in [0.05, 0.1) is 19.4 Å². The van der Waals surface area contributed by atoms with Crippen molar-refractivity contribution in [1.82, 2.24) is 9.97 Å². The summed E-state index contributed by atoms with van der Waals surface area (Å²) in [5.41, 5.74) is 2.80. The Bertz CT molecular complexity index is 609. The summed E-state index contributed by atoms with van der Waals surface area (Å²) in [5, 5.41) is 0. The summed E-state index contributed by atoms with van der Waals surface area (Å²) in [4.78, 5) is 8.02. The van der Waals surface area contributed by atoms with Gasteiger partial charge in [-0.2, -0.15) is 0 Å². The molecule has 0 atom stereocenters. The number of rotatable bonds is 7. The van der Waals surface area contributed by atoms with E-state index < -0.39 is 7.60 Å². The van der Waals surface area contributed by atoms with Gasteiger partial charge >= 0.3 is 7.60 Å². The van der Waals surface area contributed by atoms with E-state index >= 15 is 0 Å². The highest BCUT2D eigenvalue weighted by Gasteiger charge is 2.24. The van der Waals surface area contributed by atoms with Gasteiger partial charge in [0, 0.05) is 18.0 Å². The van der Waals surface area contributed by atoms with E-state index in [1.807, 2.05) is 38.1 Å². The molecule has 0 N–H and O–H groups in total. The quantitative estimate of drug-likeness (QED) is 0.726. The predicted octanol–water partition coefficient (Wildman–Crippen LogP) is 3.91. The van der Waals surface area contributed by atoms with Gasteiger partial charge in [-0.1, -0.05) is 24.3 Å². The highest BCUT2D eigenvalue weighted by Crippen LogP contribution is 2.51. The lowest BCUT2D eigenvalue weighted by molar-refractivity contribution is 0.219. The van der Waals surface area contributed by atoms with Gasteiger partial charge in [0.15, 0.2) is 0 Å². The fourth-order valence-corrected chi connectivity index (χ4v) is 3.73. The molecule has 0 radical (unpaired) electrons. The minimum absolute atomic E-state index is 0.260. The highest BCUT2D eigenvalue weighted by molar-refractivity contribution is 7.53. The topological polar surface area (TPSA) is 61.3 Å². The zero-order chi connectivity index (χ0) is 15.1. The molecule has 0 aliphatic carbocycles. The summed E-state index contributed by atoms with van der Waals surface area (Å²) in [6.07, 6.45) is 5.25. The summed E-state index contributed by atoms with van der Waals surface area (Å²) in [6.45, 7) is 4.35. The van der Waals surface area contributed by atoms with E-state index in [9.17, 15) is 4.57 Å². The van der Waals surface area contributed by atoms with Crippen molar-refractivity contribution in [3.8, 4) is 11.1 Å². The van der Waals surface area contributed by atoms with Gasteiger partial charge in [0.1, 0.15) is 6.33 Å². The SMILES string of the molecule is CCOP(=O)(Cc1cccc(-c2cncnc2)c1)OCC. The van der Waals surface area contributed by atoms with Gasteiger partial charge in [0.25, 0.3) is 0 Å².